The fourth-order valence-electron chi connectivity index (χ4n) is 3.95. The highest BCUT2D eigenvalue weighted by atomic mass is 16.2. The lowest BCUT2D eigenvalue weighted by Gasteiger charge is -2.29. The summed E-state index contributed by atoms with van der Waals surface area (Å²) in [4.78, 5) is 50.3. The molecule has 0 spiro atoms. The van der Waals surface area contributed by atoms with Crippen molar-refractivity contribution in [3.8, 4) is 0 Å². The van der Waals surface area contributed by atoms with Crippen LogP contribution in [0, 0.1) is 0 Å². The first-order chi connectivity index (χ1) is 12.1. The largest absolute Gasteiger partial charge is 0.322 e. The molecular weight excluding hydrogens is 324 g/mol. The van der Waals surface area contributed by atoms with Crippen molar-refractivity contribution in [1.82, 2.24) is 20.1 Å². The summed E-state index contributed by atoms with van der Waals surface area (Å²) in [7, 11) is 0. The zero-order chi connectivity index (χ0) is 17.6. The number of hydrogen-bond donors (Lipinski definition) is 2. The van der Waals surface area contributed by atoms with E-state index in [0.717, 1.165) is 25.9 Å². The number of fused-ring (bicyclic) bond motifs is 1. The van der Waals surface area contributed by atoms with Crippen molar-refractivity contribution >= 4 is 17.7 Å². The molecule has 8 heteroatoms. The molecule has 0 aliphatic carbocycles. The molecule has 3 aliphatic heterocycles. The Balaban J connectivity index is 1.63. The van der Waals surface area contributed by atoms with Gasteiger partial charge in [0.05, 0.1) is 12.1 Å². The second-order valence-electron chi connectivity index (χ2n) is 6.80. The van der Waals surface area contributed by atoms with Crippen LogP contribution in [-0.2, 0) is 16.1 Å². The van der Waals surface area contributed by atoms with E-state index < -0.39 is 11.9 Å². The molecule has 1 atom stereocenters. The van der Waals surface area contributed by atoms with Crippen LogP contribution in [0.5, 0.6) is 0 Å². The maximum absolute atomic E-state index is 12.9. The fourth-order valence-corrected chi connectivity index (χ4v) is 3.95. The van der Waals surface area contributed by atoms with E-state index in [4.69, 9.17) is 0 Å². The maximum atomic E-state index is 12.9. The average molecular weight is 344 g/mol. The number of nitrogens with zero attached hydrogens (tertiary/aromatic N) is 2. The Kier molecular flexibility index (Phi) is 3.91. The third-order valence-corrected chi connectivity index (χ3v) is 5.33. The summed E-state index contributed by atoms with van der Waals surface area (Å²) in [6.45, 7) is 1.87. The van der Waals surface area contributed by atoms with Gasteiger partial charge in [0.25, 0.3) is 11.5 Å². The van der Waals surface area contributed by atoms with Crippen LogP contribution in [0.3, 0.4) is 0 Å². The van der Waals surface area contributed by atoms with E-state index in [1.165, 1.54) is 4.90 Å². The highest BCUT2D eigenvalue weighted by Gasteiger charge is 2.40. The lowest BCUT2D eigenvalue weighted by atomic mass is 10.0. The molecule has 3 amide bonds. The van der Waals surface area contributed by atoms with Gasteiger partial charge < -0.3 is 14.8 Å². The lowest BCUT2D eigenvalue weighted by molar-refractivity contribution is -0.136. The number of imide groups is 1. The van der Waals surface area contributed by atoms with E-state index >= 15 is 0 Å². The minimum atomic E-state index is -0.690. The van der Waals surface area contributed by atoms with Gasteiger partial charge in [-0.3, -0.25) is 24.5 Å². The molecule has 0 aromatic carbocycles. The van der Waals surface area contributed by atoms with Gasteiger partial charge in [0, 0.05) is 24.2 Å². The van der Waals surface area contributed by atoms with Gasteiger partial charge in [0.2, 0.25) is 11.8 Å². The summed E-state index contributed by atoms with van der Waals surface area (Å²) < 4.78 is 1.72. The van der Waals surface area contributed by atoms with E-state index in [1.807, 2.05) is 0 Å². The third kappa shape index (κ3) is 2.66. The molecule has 4 heterocycles. The van der Waals surface area contributed by atoms with Crippen LogP contribution >= 0.6 is 0 Å². The van der Waals surface area contributed by atoms with E-state index in [9.17, 15) is 19.2 Å². The number of rotatable bonds is 2. The normalized spacial score (nSPS) is 24.4. The number of amides is 3. The van der Waals surface area contributed by atoms with Gasteiger partial charge in [-0.25, -0.2) is 0 Å². The Hall–Kier alpha value is -2.48. The molecule has 0 saturated carbocycles. The van der Waals surface area contributed by atoms with Crippen molar-refractivity contribution in [3.63, 3.8) is 0 Å². The zero-order valence-corrected chi connectivity index (χ0v) is 13.8. The number of hydrogen-bond acceptors (Lipinski definition) is 5. The Morgan fingerprint density at radius 1 is 1.04 bits per heavy atom. The van der Waals surface area contributed by atoms with Crippen molar-refractivity contribution in [2.24, 2.45) is 0 Å². The second-order valence-corrected chi connectivity index (χ2v) is 6.80. The van der Waals surface area contributed by atoms with E-state index in [1.54, 1.807) is 16.8 Å². The van der Waals surface area contributed by atoms with Gasteiger partial charge in [-0.2, -0.15) is 0 Å². The standard InChI is InChI=1S/C17H20N4O4/c22-14-2-1-13(15(23)19-14)21-9-12-11(16(21)24)5-8-20(17(12)25)10-3-6-18-7-4-10/h5,8,10,13,18H,1-4,6-7,9H2,(H,19,22,23)/t13-/m0/s1. The van der Waals surface area contributed by atoms with Crippen LogP contribution in [0.1, 0.15) is 47.6 Å². The average Bonchev–Trinajstić information content (AvgIpc) is 2.94. The topological polar surface area (TPSA) is 101 Å². The number of carbonyl (C=O) groups excluding carboxylic acids is 3. The Morgan fingerprint density at radius 2 is 1.80 bits per heavy atom. The van der Waals surface area contributed by atoms with Gasteiger partial charge in [0.1, 0.15) is 6.04 Å². The first-order valence-electron chi connectivity index (χ1n) is 8.65. The Morgan fingerprint density at radius 3 is 2.52 bits per heavy atom. The second kappa shape index (κ2) is 6.11. The molecular formula is C17H20N4O4. The quantitative estimate of drug-likeness (QED) is 0.707. The molecule has 3 aliphatic rings. The zero-order valence-electron chi connectivity index (χ0n) is 13.8. The first-order valence-corrected chi connectivity index (χ1v) is 8.65. The summed E-state index contributed by atoms with van der Waals surface area (Å²) in [6.07, 6.45) is 3.96. The minimum absolute atomic E-state index is 0.130. The molecule has 2 saturated heterocycles. The van der Waals surface area contributed by atoms with Gasteiger partial charge in [-0.1, -0.05) is 0 Å². The lowest BCUT2D eigenvalue weighted by Crippen LogP contribution is -2.52. The maximum Gasteiger partial charge on any atom is 0.256 e. The van der Waals surface area contributed by atoms with Crippen LogP contribution in [0.2, 0.25) is 0 Å². The summed E-state index contributed by atoms with van der Waals surface area (Å²) in [6, 6.07) is 1.13. The number of piperidine rings is 2. The van der Waals surface area contributed by atoms with Crippen molar-refractivity contribution in [2.75, 3.05) is 13.1 Å². The number of nitrogens with one attached hydrogen (secondary N) is 2. The summed E-state index contributed by atoms with van der Waals surface area (Å²) >= 11 is 0. The third-order valence-electron chi connectivity index (χ3n) is 5.33. The number of aromatic nitrogens is 1. The van der Waals surface area contributed by atoms with Crippen molar-refractivity contribution in [3.05, 3.63) is 33.7 Å². The van der Waals surface area contributed by atoms with Crippen LogP contribution in [0.15, 0.2) is 17.1 Å². The van der Waals surface area contributed by atoms with Crippen molar-refractivity contribution in [1.29, 1.82) is 0 Å². The molecule has 8 nitrogen and oxygen atoms in total. The Labute approximate surface area is 144 Å². The van der Waals surface area contributed by atoms with Crippen molar-refractivity contribution in [2.45, 2.75) is 44.3 Å². The van der Waals surface area contributed by atoms with E-state index in [2.05, 4.69) is 10.6 Å². The van der Waals surface area contributed by atoms with Crippen LogP contribution in [-0.4, -0.2) is 46.3 Å². The Bertz CT molecular complexity index is 809. The predicted molar refractivity (Wildman–Crippen MR) is 87.9 cm³/mol. The molecule has 0 radical (unpaired) electrons. The van der Waals surface area contributed by atoms with Gasteiger partial charge in [-0.05, 0) is 38.4 Å². The summed E-state index contributed by atoms with van der Waals surface area (Å²) in [5.74, 6) is -1.09. The number of carbonyl (C=O) groups is 3. The van der Waals surface area contributed by atoms with Crippen molar-refractivity contribution < 1.29 is 14.4 Å². The van der Waals surface area contributed by atoms with Gasteiger partial charge in [-0.15, -0.1) is 0 Å². The molecule has 2 fully saturated rings. The van der Waals surface area contributed by atoms with E-state index in [0.29, 0.717) is 17.5 Å². The predicted octanol–water partition coefficient (Wildman–Crippen LogP) is -0.466. The highest BCUT2D eigenvalue weighted by Crippen LogP contribution is 2.26. The van der Waals surface area contributed by atoms with Crippen LogP contribution in [0.4, 0.5) is 0 Å². The molecule has 0 unspecified atom stereocenters. The molecule has 1 aromatic rings. The van der Waals surface area contributed by atoms with Gasteiger partial charge >= 0.3 is 0 Å². The highest BCUT2D eigenvalue weighted by molar-refractivity contribution is 6.05. The smallest absolute Gasteiger partial charge is 0.256 e. The molecule has 132 valence electrons. The van der Waals surface area contributed by atoms with E-state index in [-0.39, 0.29) is 36.4 Å². The molecule has 0 bridgehead atoms. The monoisotopic (exact) mass is 344 g/mol. The summed E-state index contributed by atoms with van der Waals surface area (Å²) in [5, 5.41) is 5.54. The van der Waals surface area contributed by atoms with Crippen LogP contribution < -0.4 is 16.2 Å². The fraction of sp³-hybridized carbons (Fsp3) is 0.529. The molecule has 25 heavy (non-hydrogen) atoms. The SMILES string of the molecule is O=C1CC[C@H](N2Cc3c(ccn(C4CCNCC4)c3=O)C2=O)C(=O)N1. The molecule has 1 aromatic heterocycles. The number of pyridine rings is 1. The molecule has 2 N–H and O–H groups in total. The molecule has 4 rings (SSSR count). The first kappa shape index (κ1) is 16.0. The summed E-state index contributed by atoms with van der Waals surface area (Å²) in [5.41, 5.74) is 0.683. The minimum Gasteiger partial charge on any atom is -0.322 e. The van der Waals surface area contributed by atoms with Gasteiger partial charge in [0.15, 0.2) is 0 Å². The van der Waals surface area contributed by atoms with Crippen LogP contribution in [0.25, 0.3) is 0 Å².